The molecule has 1 atom stereocenters. The number of furan rings is 3. The number of ketones is 1. The van der Waals surface area contributed by atoms with Crippen LogP contribution < -0.4 is 0 Å². The lowest BCUT2D eigenvalue weighted by molar-refractivity contribution is -0.115. The third-order valence-corrected chi connectivity index (χ3v) is 3.48. The van der Waals surface area contributed by atoms with Crippen LogP contribution in [0.1, 0.15) is 23.4 Å². The van der Waals surface area contributed by atoms with E-state index in [-0.39, 0.29) is 11.5 Å². The van der Waals surface area contributed by atoms with Gasteiger partial charge in [-0.05, 0) is 36.4 Å². The van der Waals surface area contributed by atoms with Gasteiger partial charge in [0.15, 0.2) is 11.9 Å². The predicted octanol–water partition coefficient (Wildman–Crippen LogP) is 4.23. The Balaban J connectivity index is 1.78. The molecule has 0 amide bonds. The van der Waals surface area contributed by atoms with Crippen molar-refractivity contribution in [3.05, 3.63) is 84.3 Å². The first kappa shape index (κ1) is 13.5. The quantitative estimate of drug-likeness (QED) is 0.677. The van der Waals surface area contributed by atoms with E-state index in [0.29, 0.717) is 22.9 Å². The molecule has 4 rings (SSSR count). The van der Waals surface area contributed by atoms with Crippen LogP contribution in [0.2, 0.25) is 0 Å². The number of allylic oxidation sites excluding steroid dienone is 1. The number of hydrogen-bond donors (Lipinski definition) is 0. The van der Waals surface area contributed by atoms with Crippen molar-refractivity contribution in [2.75, 3.05) is 0 Å². The van der Waals surface area contributed by atoms with E-state index in [2.05, 4.69) is 0 Å². The summed E-state index contributed by atoms with van der Waals surface area (Å²) in [5.41, 5.74) is 0.617. The Bertz CT molecular complexity index is 849. The second-order valence-corrected chi connectivity index (χ2v) is 4.98. The van der Waals surface area contributed by atoms with Gasteiger partial charge in [0.05, 0.1) is 18.8 Å². The molecule has 4 heterocycles. The van der Waals surface area contributed by atoms with Gasteiger partial charge < -0.3 is 18.0 Å². The average molecular weight is 308 g/mol. The van der Waals surface area contributed by atoms with Crippen LogP contribution in [0.5, 0.6) is 0 Å². The fourth-order valence-corrected chi connectivity index (χ4v) is 2.44. The molecule has 3 aromatic rings. The maximum absolute atomic E-state index is 12.4. The zero-order valence-corrected chi connectivity index (χ0v) is 12.0. The van der Waals surface area contributed by atoms with Gasteiger partial charge in [-0.1, -0.05) is 0 Å². The van der Waals surface area contributed by atoms with Crippen molar-refractivity contribution >= 4 is 17.4 Å². The number of carbonyl (C=O) groups is 1. The molecule has 114 valence electrons. The van der Waals surface area contributed by atoms with E-state index in [1.54, 1.807) is 55.0 Å². The van der Waals surface area contributed by atoms with Crippen molar-refractivity contribution in [1.82, 2.24) is 0 Å². The molecule has 23 heavy (non-hydrogen) atoms. The summed E-state index contributed by atoms with van der Waals surface area (Å²) in [6.07, 6.45) is 7.15. The monoisotopic (exact) mass is 308 g/mol. The lowest BCUT2D eigenvalue weighted by Gasteiger charge is -2.24. The molecule has 1 aliphatic heterocycles. The second kappa shape index (κ2) is 5.53. The fraction of sp³-hybridized carbons (Fsp3) is 0.0556. The summed E-state index contributed by atoms with van der Waals surface area (Å²) < 4.78 is 22.0. The molecule has 0 saturated heterocycles. The van der Waals surface area contributed by atoms with Crippen LogP contribution in [0.3, 0.4) is 0 Å². The minimum Gasteiger partial charge on any atom is -0.473 e. The summed E-state index contributed by atoms with van der Waals surface area (Å²) in [4.78, 5) is 12.4. The Morgan fingerprint density at radius 2 is 1.70 bits per heavy atom. The molecule has 0 radical (unpaired) electrons. The molecule has 0 spiro atoms. The predicted molar refractivity (Wildman–Crippen MR) is 80.9 cm³/mol. The van der Waals surface area contributed by atoms with Gasteiger partial charge in [-0.3, -0.25) is 4.79 Å². The minimum atomic E-state index is -0.560. The van der Waals surface area contributed by atoms with Crippen molar-refractivity contribution in [1.29, 1.82) is 0 Å². The van der Waals surface area contributed by atoms with Gasteiger partial charge in [0, 0.05) is 17.7 Å². The van der Waals surface area contributed by atoms with E-state index >= 15 is 0 Å². The third kappa shape index (κ3) is 2.53. The SMILES string of the molecule is O=C1C=C(c2ccco2)C(c2ccco2)OC1=Cc1ccco1. The van der Waals surface area contributed by atoms with Crippen LogP contribution in [0.15, 0.2) is 80.3 Å². The first-order valence-corrected chi connectivity index (χ1v) is 7.06. The van der Waals surface area contributed by atoms with E-state index in [0.717, 1.165) is 0 Å². The maximum atomic E-state index is 12.4. The highest BCUT2D eigenvalue weighted by Gasteiger charge is 2.32. The molecule has 0 aromatic carbocycles. The van der Waals surface area contributed by atoms with Crippen molar-refractivity contribution in [2.45, 2.75) is 6.10 Å². The Morgan fingerprint density at radius 1 is 0.913 bits per heavy atom. The molecule has 0 aliphatic carbocycles. The van der Waals surface area contributed by atoms with Crippen molar-refractivity contribution in [2.24, 2.45) is 0 Å². The number of ether oxygens (including phenoxy) is 1. The van der Waals surface area contributed by atoms with Gasteiger partial charge in [0.2, 0.25) is 5.78 Å². The van der Waals surface area contributed by atoms with Crippen molar-refractivity contribution < 1.29 is 22.8 Å². The number of hydrogen-bond acceptors (Lipinski definition) is 5. The number of carbonyl (C=O) groups excluding carboxylic acids is 1. The Hall–Kier alpha value is -3.21. The largest absolute Gasteiger partial charge is 0.473 e. The summed E-state index contributed by atoms with van der Waals surface area (Å²) in [5.74, 6) is 1.64. The van der Waals surface area contributed by atoms with Crippen LogP contribution in [0.4, 0.5) is 0 Å². The van der Waals surface area contributed by atoms with Crippen LogP contribution >= 0.6 is 0 Å². The molecule has 0 bridgehead atoms. The van der Waals surface area contributed by atoms with Gasteiger partial charge in [-0.2, -0.15) is 0 Å². The summed E-state index contributed by atoms with van der Waals surface area (Å²) in [6.45, 7) is 0. The van der Waals surface area contributed by atoms with Gasteiger partial charge in [0.1, 0.15) is 17.3 Å². The summed E-state index contributed by atoms with van der Waals surface area (Å²) in [5, 5.41) is 0. The molecule has 1 aliphatic rings. The summed E-state index contributed by atoms with van der Waals surface area (Å²) in [7, 11) is 0. The number of rotatable bonds is 3. The van der Waals surface area contributed by atoms with E-state index < -0.39 is 6.10 Å². The molecular formula is C18H12O5. The Kier molecular flexibility index (Phi) is 3.24. The van der Waals surface area contributed by atoms with Crippen LogP contribution in [0, 0.1) is 0 Å². The topological polar surface area (TPSA) is 65.7 Å². The van der Waals surface area contributed by atoms with E-state index in [9.17, 15) is 4.79 Å². The van der Waals surface area contributed by atoms with Gasteiger partial charge in [-0.25, -0.2) is 0 Å². The molecule has 0 N–H and O–H groups in total. The fourth-order valence-electron chi connectivity index (χ4n) is 2.44. The first-order valence-electron chi connectivity index (χ1n) is 7.06. The van der Waals surface area contributed by atoms with Crippen LogP contribution in [-0.2, 0) is 9.53 Å². The second-order valence-electron chi connectivity index (χ2n) is 4.98. The highest BCUT2D eigenvalue weighted by Crippen LogP contribution is 2.39. The molecule has 5 nitrogen and oxygen atoms in total. The van der Waals surface area contributed by atoms with E-state index in [4.69, 9.17) is 18.0 Å². The third-order valence-electron chi connectivity index (χ3n) is 3.48. The lowest BCUT2D eigenvalue weighted by atomic mass is 9.99. The average Bonchev–Trinajstić information content (AvgIpc) is 3.32. The maximum Gasteiger partial charge on any atom is 0.221 e. The van der Waals surface area contributed by atoms with Crippen LogP contribution in [-0.4, -0.2) is 5.78 Å². The highest BCUT2D eigenvalue weighted by atomic mass is 16.5. The Labute approximate surface area is 131 Å². The zero-order valence-electron chi connectivity index (χ0n) is 12.0. The van der Waals surface area contributed by atoms with Crippen LogP contribution in [0.25, 0.3) is 11.6 Å². The lowest BCUT2D eigenvalue weighted by Crippen LogP contribution is -2.17. The smallest absolute Gasteiger partial charge is 0.221 e. The standard InChI is InChI=1S/C18H12O5/c19-14-11-13(15-5-2-8-21-15)18(16-6-3-9-22-16)23-17(14)10-12-4-1-7-20-12/h1-11,18H. The minimum absolute atomic E-state index is 0.191. The molecule has 5 heteroatoms. The van der Waals surface area contributed by atoms with Gasteiger partial charge in [0.25, 0.3) is 0 Å². The normalized spacial score (nSPS) is 19.7. The van der Waals surface area contributed by atoms with Crippen molar-refractivity contribution in [3.8, 4) is 0 Å². The molecule has 0 fully saturated rings. The first-order chi connectivity index (χ1) is 11.3. The summed E-state index contributed by atoms with van der Waals surface area (Å²) >= 11 is 0. The van der Waals surface area contributed by atoms with Gasteiger partial charge in [-0.15, -0.1) is 0 Å². The molecule has 3 aromatic heterocycles. The van der Waals surface area contributed by atoms with E-state index in [1.807, 2.05) is 0 Å². The Morgan fingerprint density at radius 3 is 2.39 bits per heavy atom. The van der Waals surface area contributed by atoms with Gasteiger partial charge >= 0.3 is 0 Å². The summed E-state index contributed by atoms with van der Waals surface area (Å²) in [6, 6.07) is 10.6. The van der Waals surface area contributed by atoms with Crippen molar-refractivity contribution in [3.63, 3.8) is 0 Å². The molecule has 0 saturated carbocycles. The van der Waals surface area contributed by atoms with E-state index in [1.165, 1.54) is 12.3 Å². The molecular weight excluding hydrogens is 296 g/mol. The highest BCUT2D eigenvalue weighted by molar-refractivity contribution is 6.10. The zero-order chi connectivity index (χ0) is 15.6. The molecule has 1 unspecified atom stereocenters.